The highest BCUT2D eigenvalue weighted by Crippen LogP contribution is 2.27. The van der Waals surface area contributed by atoms with Crippen LogP contribution in [0.1, 0.15) is 39.5 Å². The summed E-state index contributed by atoms with van der Waals surface area (Å²) in [6, 6.07) is -0.440. The van der Waals surface area contributed by atoms with Crippen molar-refractivity contribution in [1.82, 2.24) is 10.6 Å². The van der Waals surface area contributed by atoms with Crippen molar-refractivity contribution >= 4 is 11.8 Å². The first-order valence-electron chi connectivity index (χ1n) is 6.61. The van der Waals surface area contributed by atoms with E-state index in [1.807, 2.05) is 6.92 Å². The highest BCUT2D eigenvalue weighted by atomic mass is 16.5. The minimum absolute atomic E-state index is 0.0415. The molecule has 2 unspecified atom stereocenters. The van der Waals surface area contributed by atoms with Crippen LogP contribution in [0.25, 0.3) is 0 Å². The molecule has 1 aliphatic carbocycles. The van der Waals surface area contributed by atoms with Gasteiger partial charge in [0.05, 0.1) is 6.61 Å². The molecule has 2 N–H and O–H groups in total. The first kappa shape index (κ1) is 15.0. The third kappa shape index (κ3) is 4.64. The van der Waals surface area contributed by atoms with E-state index in [1.165, 1.54) is 6.92 Å². The van der Waals surface area contributed by atoms with E-state index < -0.39 is 6.04 Å². The fourth-order valence-electron chi connectivity index (χ4n) is 2.53. The Bertz CT molecular complexity index is 288. The number of rotatable bonds is 6. The standard InChI is InChI=1S/C13H24N2O3/c1-9(8-18-3)14-13(17)12(15-10(2)16)11-6-4-5-7-11/h9,11-12H,4-8H2,1-3H3,(H,14,17)(H,15,16). The number of carbonyl (C=O) groups is 2. The van der Waals surface area contributed by atoms with Crippen molar-refractivity contribution < 1.29 is 14.3 Å². The van der Waals surface area contributed by atoms with Crippen LogP contribution >= 0.6 is 0 Å². The Kier molecular flexibility index (Phi) is 6.12. The van der Waals surface area contributed by atoms with Crippen LogP contribution in [0.4, 0.5) is 0 Å². The van der Waals surface area contributed by atoms with Gasteiger partial charge in [-0.2, -0.15) is 0 Å². The zero-order chi connectivity index (χ0) is 13.5. The molecule has 0 aromatic heterocycles. The van der Waals surface area contributed by atoms with Crippen molar-refractivity contribution in [3.05, 3.63) is 0 Å². The number of ether oxygens (including phenoxy) is 1. The Balaban J connectivity index is 2.57. The number of hydrogen-bond acceptors (Lipinski definition) is 3. The Morgan fingerprint density at radius 3 is 2.39 bits per heavy atom. The number of carbonyl (C=O) groups excluding carboxylic acids is 2. The van der Waals surface area contributed by atoms with Gasteiger partial charge in [-0.15, -0.1) is 0 Å². The van der Waals surface area contributed by atoms with Gasteiger partial charge in [-0.25, -0.2) is 0 Å². The molecule has 5 nitrogen and oxygen atoms in total. The van der Waals surface area contributed by atoms with E-state index in [9.17, 15) is 9.59 Å². The lowest BCUT2D eigenvalue weighted by Crippen LogP contribution is -2.52. The molecule has 0 spiro atoms. The van der Waals surface area contributed by atoms with E-state index in [1.54, 1.807) is 7.11 Å². The van der Waals surface area contributed by atoms with Gasteiger partial charge in [0.2, 0.25) is 11.8 Å². The molecule has 1 aliphatic rings. The summed E-state index contributed by atoms with van der Waals surface area (Å²) >= 11 is 0. The van der Waals surface area contributed by atoms with E-state index >= 15 is 0 Å². The van der Waals surface area contributed by atoms with E-state index in [0.717, 1.165) is 25.7 Å². The summed E-state index contributed by atoms with van der Waals surface area (Å²) in [5, 5.41) is 5.66. The summed E-state index contributed by atoms with van der Waals surface area (Å²) in [6.07, 6.45) is 4.30. The molecular formula is C13H24N2O3. The summed E-state index contributed by atoms with van der Waals surface area (Å²) in [5.41, 5.74) is 0. The Labute approximate surface area is 109 Å². The molecule has 0 heterocycles. The van der Waals surface area contributed by atoms with E-state index in [4.69, 9.17) is 4.74 Å². The molecule has 2 atom stereocenters. The minimum atomic E-state index is -0.399. The number of methoxy groups -OCH3 is 1. The van der Waals surface area contributed by atoms with Gasteiger partial charge in [0.25, 0.3) is 0 Å². The summed E-state index contributed by atoms with van der Waals surface area (Å²) in [4.78, 5) is 23.4. The molecule has 0 bridgehead atoms. The molecule has 1 saturated carbocycles. The van der Waals surface area contributed by atoms with Gasteiger partial charge >= 0.3 is 0 Å². The van der Waals surface area contributed by atoms with Gasteiger partial charge in [0.15, 0.2) is 0 Å². The van der Waals surface area contributed by atoms with Gasteiger partial charge in [0, 0.05) is 20.1 Å². The van der Waals surface area contributed by atoms with Gasteiger partial charge in [-0.05, 0) is 25.7 Å². The van der Waals surface area contributed by atoms with Crippen molar-refractivity contribution in [3.63, 3.8) is 0 Å². The second-order valence-corrected chi connectivity index (χ2v) is 5.09. The SMILES string of the molecule is COCC(C)NC(=O)C(NC(C)=O)C1CCCC1. The first-order valence-corrected chi connectivity index (χ1v) is 6.61. The fourth-order valence-corrected chi connectivity index (χ4v) is 2.53. The monoisotopic (exact) mass is 256 g/mol. The number of amides is 2. The summed E-state index contributed by atoms with van der Waals surface area (Å²) in [7, 11) is 1.60. The third-order valence-corrected chi connectivity index (χ3v) is 3.32. The molecule has 1 rings (SSSR count). The predicted molar refractivity (Wildman–Crippen MR) is 69.0 cm³/mol. The van der Waals surface area contributed by atoms with Crippen LogP contribution < -0.4 is 10.6 Å². The van der Waals surface area contributed by atoms with Crippen molar-refractivity contribution in [2.45, 2.75) is 51.6 Å². The van der Waals surface area contributed by atoms with Crippen LogP contribution in [0.3, 0.4) is 0 Å². The Morgan fingerprint density at radius 2 is 1.89 bits per heavy atom. The average molecular weight is 256 g/mol. The molecule has 0 aromatic rings. The first-order chi connectivity index (χ1) is 8.54. The second-order valence-electron chi connectivity index (χ2n) is 5.09. The van der Waals surface area contributed by atoms with Gasteiger partial charge in [-0.1, -0.05) is 12.8 Å². The second kappa shape index (κ2) is 7.36. The molecule has 0 radical (unpaired) electrons. The maximum absolute atomic E-state index is 12.2. The maximum Gasteiger partial charge on any atom is 0.243 e. The quantitative estimate of drug-likeness (QED) is 0.740. The Morgan fingerprint density at radius 1 is 1.28 bits per heavy atom. The Hall–Kier alpha value is -1.10. The van der Waals surface area contributed by atoms with Crippen molar-refractivity contribution in [2.75, 3.05) is 13.7 Å². The molecule has 0 saturated heterocycles. The van der Waals surface area contributed by atoms with Gasteiger partial charge < -0.3 is 15.4 Å². The summed E-state index contributed by atoms with van der Waals surface area (Å²) < 4.78 is 4.99. The fraction of sp³-hybridized carbons (Fsp3) is 0.846. The van der Waals surface area contributed by atoms with Crippen LogP contribution in [-0.4, -0.2) is 37.6 Å². The summed E-state index contributed by atoms with van der Waals surface area (Å²) in [5.74, 6) is 0.0201. The number of nitrogens with one attached hydrogen (secondary N) is 2. The van der Waals surface area contributed by atoms with Crippen LogP contribution in [0.2, 0.25) is 0 Å². The highest BCUT2D eigenvalue weighted by Gasteiger charge is 2.31. The molecular weight excluding hydrogens is 232 g/mol. The van der Waals surface area contributed by atoms with Gasteiger partial charge in [-0.3, -0.25) is 9.59 Å². The zero-order valence-electron chi connectivity index (χ0n) is 11.5. The highest BCUT2D eigenvalue weighted by molar-refractivity contribution is 5.87. The lowest BCUT2D eigenvalue weighted by atomic mass is 9.97. The van der Waals surface area contributed by atoms with Crippen molar-refractivity contribution in [1.29, 1.82) is 0 Å². The van der Waals surface area contributed by atoms with Crippen LogP contribution in [-0.2, 0) is 14.3 Å². The lowest BCUT2D eigenvalue weighted by Gasteiger charge is -2.25. The molecule has 104 valence electrons. The van der Waals surface area contributed by atoms with Crippen LogP contribution in [0.5, 0.6) is 0 Å². The van der Waals surface area contributed by atoms with Gasteiger partial charge in [0.1, 0.15) is 6.04 Å². The largest absolute Gasteiger partial charge is 0.383 e. The van der Waals surface area contributed by atoms with E-state index in [-0.39, 0.29) is 23.8 Å². The van der Waals surface area contributed by atoms with E-state index in [0.29, 0.717) is 6.61 Å². The number of hydrogen-bond donors (Lipinski definition) is 2. The van der Waals surface area contributed by atoms with Crippen LogP contribution in [0.15, 0.2) is 0 Å². The molecule has 5 heteroatoms. The molecule has 0 aliphatic heterocycles. The third-order valence-electron chi connectivity index (χ3n) is 3.32. The normalized spacial score (nSPS) is 19.3. The molecule has 0 aromatic carbocycles. The van der Waals surface area contributed by atoms with E-state index in [2.05, 4.69) is 10.6 Å². The molecule has 18 heavy (non-hydrogen) atoms. The zero-order valence-corrected chi connectivity index (χ0v) is 11.5. The lowest BCUT2D eigenvalue weighted by molar-refractivity contribution is -0.130. The minimum Gasteiger partial charge on any atom is -0.383 e. The van der Waals surface area contributed by atoms with Crippen LogP contribution in [0, 0.1) is 5.92 Å². The summed E-state index contributed by atoms with van der Waals surface area (Å²) in [6.45, 7) is 3.82. The van der Waals surface area contributed by atoms with Crippen molar-refractivity contribution in [3.8, 4) is 0 Å². The van der Waals surface area contributed by atoms with Crippen molar-refractivity contribution in [2.24, 2.45) is 5.92 Å². The molecule has 2 amide bonds. The maximum atomic E-state index is 12.2. The topological polar surface area (TPSA) is 67.4 Å². The molecule has 1 fully saturated rings. The smallest absolute Gasteiger partial charge is 0.243 e. The predicted octanol–water partition coefficient (Wildman–Crippen LogP) is 0.832. The average Bonchev–Trinajstić information content (AvgIpc) is 2.78.